The summed E-state index contributed by atoms with van der Waals surface area (Å²) in [7, 11) is -3.33. The average molecular weight is 282 g/mol. The minimum absolute atomic E-state index is 0.0234. The Morgan fingerprint density at radius 3 is 2.32 bits per heavy atom. The summed E-state index contributed by atoms with van der Waals surface area (Å²) in [4.78, 5) is 0. The number of hydrogen-bond acceptors (Lipinski definition) is 3. The van der Waals surface area contributed by atoms with E-state index in [1.54, 1.807) is 0 Å². The van der Waals surface area contributed by atoms with E-state index >= 15 is 0 Å². The number of benzene rings is 1. The third-order valence-corrected chi connectivity index (χ3v) is 5.23. The topological polar surface area (TPSA) is 72.2 Å². The van der Waals surface area contributed by atoms with Gasteiger partial charge in [0.1, 0.15) is 0 Å². The van der Waals surface area contributed by atoms with Crippen LogP contribution < -0.4 is 10.5 Å². The van der Waals surface area contributed by atoms with Gasteiger partial charge in [0.15, 0.2) is 0 Å². The Bertz CT molecular complexity index is 493. The zero-order valence-corrected chi connectivity index (χ0v) is 12.0. The number of nitrogens with two attached hydrogens (primary N) is 1. The molecule has 3 N–H and O–H groups in total. The highest BCUT2D eigenvalue weighted by Crippen LogP contribution is 2.28. The van der Waals surface area contributed by atoms with E-state index in [1.807, 2.05) is 30.3 Å². The first kappa shape index (κ1) is 14.5. The van der Waals surface area contributed by atoms with Crippen LogP contribution in [0.4, 0.5) is 0 Å². The van der Waals surface area contributed by atoms with Gasteiger partial charge in [-0.2, -0.15) is 0 Å². The van der Waals surface area contributed by atoms with Crippen LogP contribution in [-0.4, -0.2) is 20.5 Å². The predicted octanol–water partition coefficient (Wildman–Crippen LogP) is 1.77. The number of hydrogen-bond donors (Lipinski definition) is 2. The van der Waals surface area contributed by atoms with E-state index in [1.165, 1.54) is 6.42 Å². The van der Waals surface area contributed by atoms with Crippen LogP contribution in [0.1, 0.15) is 37.7 Å². The maximum atomic E-state index is 12.3. The maximum Gasteiger partial charge on any atom is 0.216 e. The smallest absolute Gasteiger partial charge is 0.216 e. The molecule has 1 aromatic rings. The van der Waals surface area contributed by atoms with Crippen LogP contribution in [0, 0.1) is 0 Å². The summed E-state index contributed by atoms with van der Waals surface area (Å²) in [5.41, 5.74) is 6.19. The van der Waals surface area contributed by atoms with Gasteiger partial charge in [0.05, 0.1) is 5.75 Å². The van der Waals surface area contributed by atoms with Crippen molar-refractivity contribution in [1.29, 1.82) is 0 Å². The fraction of sp³-hybridized carbons (Fsp3) is 0.571. The molecule has 2 rings (SSSR count). The Balaban J connectivity index is 2.07. The van der Waals surface area contributed by atoms with Gasteiger partial charge in [-0.1, -0.05) is 49.6 Å². The van der Waals surface area contributed by atoms with Gasteiger partial charge in [0, 0.05) is 12.1 Å². The largest absolute Gasteiger partial charge is 0.329 e. The summed E-state index contributed by atoms with van der Waals surface area (Å²) < 4.78 is 27.4. The normalized spacial score (nSPS) is 19.2. The van der Waals surface area contributed by atoms with Crippen molar-refractivity contribution in [2.75, 3.05) is 6.54 Å². The van der Waals surface area contributed by atoms with E-state index in [-0.39, 0.29) is 5.75 Å². The molecule has 106 valence electrons. The summed E-state index contributed by atoms with van der Waals surface area (Å²) in [6.45, 7) is 0.376. The van der Waals surface area contributed by atoms with Crippen molar-refractivity contribution in [3.8, 4) is 0 Å². The van der Waals surface area contributed by atoms with Crippen LogP contribution in [0.5, 0.6) is 0 Å². The van der Waals surface area contributed by atoms with E-state index in [4.69, 9.17) is 5.73 Å². The Morgan fingerprint density at radius 1 is 1.11 bits per heavy atom. The number of sulfonamides is 1. The lowest BCUT2D eigenvalue weighted by atomic mass is 9.83. The summed E-state index contributed by atoms with van der Waals surface area (Å²) in [6.07, 6.45) is 4.95. The lowest BCUT2D eigenvalue weighted by Crippen LogP contribution is -2.54. The van der Waals surface area contributed by atoms with Crippen molar-refractivity contribution in [1.82, 2.24) is 4.72 Å². The van der Waals surface area contributed by atoms with Crippen molar-refractivity contribution in [2.24, 2.45) is 5.73 Å². The third-order valence-electron chi connectivity index (χ3n) is 3.77. The van der Waals surface area contributed by atoms with Crippen molar-refractivity contribution in [3.63, 3.8) is 0 Å². The second-order valence-corrected chi connectivity index (χ2v) is 7.11. The molecule has 0 atom stereocenters. The number of rotatable bonds is 5. The maximum absolute atomic E-state index is 12.3. The summed E-state index contributed by atoms with van der Waals surface area (Å²) >= 11 is 0. The lowest BCUT2D eigenvalue weighted by molar-refractivity contribution is 0.276. The van der Waals surface area contributed by atoms with Gasteiger partial charge in [0.2, 0.25) is 10.0 Å². The minimum Gasteiger partial charge on any atom is -0.329 e. The first-order valence-corrected chi connectivity index (χ1v) is 8.46. The molecule has 0 aliphatic heterocycles. The van der Waals surface area contributed by atoms with Gasteiger partial charge >= 0.3 is 0 Å². The highest BCUT2D eigenvalue weighted by Gasteiger charge is 2.34. The second-order valence-electron chi connectivity index (χ2n) is 5.39. The quantitative estimate of drug-likeness (QED) is 0.864. The van der Waals surface area contributed by atoms with Gasteiger partial charge in [-0.15, -0.1) is 0 Å². The highest BCUT2D eigenvalue weighted by atomic mass is 32.2. The van der Waals surface area contributed by atoms with Crippen molar-refractivity contribution in [2.45, 2.75) is 43.4 Å². The van der Waals surface area contributed by atoms with Crippen molar-refractivity contribution < 1.29 is 8.42 Å². The van der Waals surface area contributed by atoms with Crippen LogP contribution in [0.2, 0.25) is 0 Å². The molecule has 0 spiro atoms. The first-order chi connectivity index (χ1) is 9.05. The molecular weight excluding hydrogens is 260 g/mol. The molecule has 0 amide bonds. The van der Waals surface area contributed by atoms with Crippen molar-refractivity contribution >= 4 is 10.0 Å². The Kier molecular flexibility index (Phi) is 4.60. The van der Waals surface area contributed by atoms with E-state index < -0.39 is 15.6 Å². The fourth-order valence-corrected chi connectivity index (χ4v) is 4.39. The zero-order chi connectivity index (χ0) is 13.8. The monoisotopic (exact) mass is 282 g/mol. The summed E-state index contributed by atoms with van der Waals surface area (Å²) in [5, 5.41) is 0. The fourth-order valence-electron chi connectivity index (χ4n) is 2.74. The molecule has 1 saturated carbocycles. The van der Waals surface area contributed by atoms with Gasteiger partial charge in [-0.3, -0.25) is 0 Å². The summed E-state index contributed by atoms with van der Waals surface area (Å²) in [6, 6.07) is 9.24. The molecule has 0 saturated heterocycles. The highest BCUT2D eigenvalue weighted by molar-refractivity contribution is 7.88. The van der Waals surface area contributed by atoms with E-state index in [9.17, 15) is 8.42 Å². The molecule has 0 bridgehead atoms. The molecule has 19 heavy (non-hydrogen) atoms. The van der Waals surface area contributed by atoms with E-state index in [0.29, 0.717) is 6.54 Å². The minimum atomic E-state index is -3.33. The van der Waals surface area contributed by atoms with Crippen LogP contribution >= 0.6 is 0 Å². The molecule has 0 radical (unpaired) electrons. The van der Waals surface area contributed by atoms with Gasteiger partial charge in [-0.25, -0.2) is 13.1 Å². The summed E-state index contributed by atoms with van der Waals surface area (Å²) in [5.74, 6) is 0.0234. The molecule has 1 fully saturated rings. The molecule has 1 aliphatic rings. The molecule has 1 aliphatic carbocycles. The Morgan fingerprint density at radius 2 is 1.74 bits per heavy atom. The standard InChI is InChI=1S/C14H22N2O2S/c15-12-14(9-5-2-6-10-14)16-19(17,18)11-13-7-3-1-4-8-13/h1,3-4,7-8,16H,2,5-6,9-12,15H2. The molecule has 0 unspecified atom stereocenters. The van der Waals surface area contributed by atoms with Crippen LogP contribution in [0.15, 0.2) is 30.3 Å². The molecule has 0 heterocycles. The van der Waals surface area contributed by atoms with Crippen LogP contribution in [0.3, 0.4) is 0 Å². The molecular formula is C14H22N2O2S. The molecule has 5 heteroatoms. The molecule has 4 nitrogen and oxygen atoms in total. The number of nitrogens with one attached hydrogen (secondary N) is 1. The second kappa shape index (κ2) is 6.03. The Labute approximate surface area is 115 Å². The van der Waals surface area contributed by atoms with Crippen LogP contribution in [0.25, 0.3) is 0 Å². The van der Waals surface area contributed by atoms with E-state index in [0.717, 1.165) is 31.2 Å². The van der Waals surface area contributed by atoms with Gasteiger partial charge in [0.25, 0.3) is 0 Å². The molecule has 1 aromatic carbocycles. The first-order valence-electron chi connectivity index (χ1n) is 6.81. The van der Waals surface area contributed by atoms with Crippen LogP contribution in [-0.2, 0) is 15.8 Å². The third kappa shape index (κ3) is 4.03. The Hall–Kier alpha value is -0.910. The molecule has 0 aromatic heterocycles. The average Bonchev–Trinajstić information content (AvgIpc) is 2.40. The van der Waals surface area contributed by atoms with E-state index in [2.05, 4.69) is 4.72 Å². The van der Waals surface area contributed by atoms with Gasteiger partial charge < -0.3 is 5.73 Å². The lowest BCUT2D eigenvalue weighted by Gasteiger charge is -2.36. The zero-order valence-electron chi connectivity index (χ0n) is 11.1. The SMILES string of the molecule is NCC1(NS(=O)(=O)Cc2ccccc2)CCCCC1. The predicted molar refractivity (Wildman–Crippen MR) is 77.1 cm³/mol. The van der Waals surface area contributed by atoms with Gasteiger partial charge in [-0.05, 0) is 18.4 Å². The van der Waals surface area contributed by atoms with Crippen molar-refractivity contribution in [3.05, 3.63) is 35.9 Å².